The van der Waals surface area contributed by atoms with E-state index >= 15 is 0 Å². The summed E-state index contributed by atoms with van der Waals surface area (Å²) in [4.78, 5) is 27.9. The highest BCUT2D eigenvalue weighted by molar-refractivity contribution is 8.18. The van der Waals surface area contributed by atoms with Crippen molar-refractivity contribution in [2.24, 2.45) is 4.99 Å². The molecule has 2 aromatic rings. The molecule has 1 amide bonds. The van der Waals surface area contributed by atoms with E-state index in [0.717, 1.165) is 11.1 Å². The number of aryl methyl sites for hydroxylation is 1. The number of carbonyl (C=O) groups is 2. The molecule has 1 aliphatic heterocycles. The predicted molar refractivity (Wildman–Crippen MR) is 97.8 cm³/mol. The minimum Gasteiger partial charge on any atom is -0.545 e. The Balaban J connectivity index is 1.87. The molecule has 2 aromatic carbocycles. The molecule has 7 heteroatoms. The first kappa shape index (κ1) is 17.3. The number of aromatic carboxylic acids is 1. The van der Waals surface area contributed by atoms with Gasteiger partial charge in [0, 0.05) is 5.02 Å². The third-order valence-electron chi connectivity index (χ3n) is 3.49. The molecule has 3 rings (SSSR count). The highest BCUT2D eigenvalue weighted by Gasteiger charge is 2.24. The first-order valence-corrected chi connectivity index (χ1v) is 8.49. The predicted octanol–water partition coefficient (Wildman–Crippen LogP) is 2.90. The van der Waals surface area contributed by atoms with Crippen LogP contribution in [0.2, 0.25) is 5.02 Å². The molecule has 1 heterocycles. The zero-order valence-electron chi connectivity index (χ0n) is 13.1. The minimum atomic E-state index is -1.27. The van der Waals surface area contributed by atoms with Gasteiger partial charge in [-0.3, -0.25) is 4.79 Å². The van der Waals surface area contributed by atoms with Crippen molar-refractivity contribution in [3.8, 4) is 0 Å². The van der Waals surface area contributed by atoms with Crippen molar-refractivity contribution < 1.29 is 14.7 Å². The monoisotopic (exact) mass is 371 g/mol. The van der Waals surface area contributed by atoms with Gasteiger partial charge in [-0.1, -0.05) is 35.9 Å². The zero-order chi connectivity index (χ0) is 18.0. The highest BCUT2D eigenvalue weighted by Crippen LogP contribution is 2.29. The van der Waals surface area contributed by atoms with E-state index < -0.39 is 5.97 Å². The summed E-state index contributed by atoms with van der Waals surface area (Å²) in [5.74, 6) is -1.53. The topological polar surface area (TPSA) is 81.6 Å². The molecule has 1 fully saturated rings. The van der Waals surface area contributed by atoms with E-state index in [2.05, 4.69) is 10.3 Å². The van der Waals surface area contributed by atoms with Crippen LogP contribution in [0.15, 0.2) is 52.4 Å². The van der Waals surface area contributed by atoms with E-state index in [1.165, 1.54) is 23.9 Å². The van der Waals surface area contributed by atoms with Gasteiger partial charge >= 0.3 is 0 Å². The first-order valence-electron chi connectivity index (χ1n) is 7.29. The maximum absolute atomic E-state index is 12.1. The number of hydrogen-bond donors (Lipinski definition) is 1. The van der Waals surface area contributed by atoms with Gasteiger partial charge in [0.05, 0.1) is 16.6 Å². The second kappa shape index (κ2) is 7.13. The molecule has 126 valence electrons. The Morgan fingerprint density at radius 1 is 1.24 bits per heavy atom. The van der Waals surface area contributed by atoms with Gasteiger partial charge in [0.1, 0.15) is 0 Å². The fraction of sp³-hybridized carbons (Fsp3) is 0.0556. The molecule has 1 aliphatic rings. The molecule has 0 bridgehead atoms. The largest absolute Gasteiger partial charge is 0.545 e. The van der Waals surface area contributed by atoms with Crippen LogP contribution < -0.4 is 10.4 Å². The Labute approximate surface area is 153 Å². The maximum Gasteiger partial charge on any atom is 0.264 e. The SMILES string of the molecule is Cc1ccc(C(=O)[O-])cc1N=C1NC(=O)/C(=C/c2ccc(Cl)cc2)S1. The molecule has 1 saturated heterocycles. The van der Waals surface area contributed by atoms with Gasteiger partial charge < -0.3 is 15.2 Å². The Morgan fingerprint density at radius 3 is 2.64 bits per heavy atom. The standard InChI is InChI=1S/C18H13ClN2O3S/c1-10-2-5-12(17(23)24)9-14(10)20-18-21-16(22)15(25-18)8-11-3-6-13(19)7-4-11/h2-9H,1H3,(H,23,24)(H,20,21,22)/p-1/b15-8-. The normalized spacial score (nSPS) is 17.1. The molecule has 0 aromatic heterocycles. The van der Waals surface area contributed by atoms with E-state index in [0.29, 0.717) is 20.8 Å². The van der Waals surface area contributed by atoms with Crippen LogP contribution in [0.3, 0.4) is 0 Å². The second-order valence-corrected chi connectivity index (χ2v) is 6.79. The number of nitrogens with one attached hydrogen (secondary N) is 1. The number of amides is 1. The Kier molecular flexibility index (Phi) is 4.92. The van der Waals surface area contributed by atoms with E-state index in [1.807, 2.05) is 19.1 Å². The number of halogens is 1. The van der Waals surface area contributed by atoms with Crippen LogP contribution in [0, 0.1) is 6.92 Å². The second-order valence-electron chi connectivity index (χ2n) is 5.32. The van der Waals surface area contributed by atoms with Crippen LogP contribution in [0.5, 0.6) is 0 Å². The summed E-state index contributed by atoms with van der Waals surface area (Å²) in [7, 11) is 0. The summed E-state index contributed by atoms with van der Waals surface area (Å²) < 4.78 is 0. The summed E-state index contributed by atoms with van der Waals surface area (Å²) in [6.45, 7) is 1.81. The molecule has 25 heavy (non-hydrogen) atoms. The van der Waals surface area contributed by atoms with E-state index in [4.69, 9.17) is 11.6 Å². The lowest BCUT2D eigenvalue weighted by atomic mass is 10.1. The molecule has 0 radical (unpaired) electrons. The summed E-state index contributed by atoms with van der Waals surface area (Å²) in [6, 6.07) is 11.6. The number of carboxylic acids is 1. The Morgan fingerprint density at radius 2 is 1.96 bits per heavy atom. The number of hydrogen-bond acceptors (Lipinski definition) is 5. The Bertz CT molecular complexity index is 920. The molecule has 0 aliphatic carbocycles. The smallest absolute Gasteiger partial charge is 0.264 e. The van der Waals surface area contributed by atoms with E-state index in [9.17, 15) is 14.7 Å². The van der Waals surface area contributed by atoms with Gasteiger partial charge in [-0.2, -0.15) is 0 Å². The molecular weight excluding hydrogens is 360 g/mol. The van der Waals surface area contributed by atoms with Crippen LogP contribution in [0.1, 0.15) is 21.5 Å². The van der Waals surface area contributed by atoms with Crippen molar-refractivity contribution in [2.75, 3.05) is 0 Å². The van der Waals surface area contributed by atoms with Gasteiger partial charge in [0.15, 0.2) is 5.17 Å². The first-order chi connectivity index (χ1) is 11.9. The van der Waals surface area contributed by atoms with Crippen molar-refractivity contribution in [2.45, 2.75) is 6.92 Å². The fourth-order valence-corrected chi connectivity index (χ4v) is 3.12. The minimum absolute atomic E-state index is 0.0382. The number of amidine groups is 1. The number of benzene rings is 2. The Hall–Kier alpha value is -2.57. The third-order valence-corrected chi connectivity index (χ3v) is 4.65. The summed E-state index contributed by atoms with van der Waals surface area (Å²) in [5, 5.41) is 14.7. The number of nitrogens with zero attached hydrogens (tertiary/aromatic N) is 1. The highest BCUT2D eigenvalue weighted by atomic mass is 35.5. The summed E-state index contributed by atoms with van der Waals surface area (Å²) in [6.07, 6.45) is 1.74. The molecular formula is C18H12ClN2O3S-. The van der Waals surface area contributed by atoms with Crippen LogP contribution in [0.4, 0.5) is 5.69 Å². The van der Waals surface area contributed by atoms with Gasteiger partial charge in [-0.05, 0) is 59.7 Å². The zero-order valence-corrected chi connectivity index (χ0v) is 14.6. The van der Waals surface area contributed by atoms with Crippen LogP contribution in [0.25, 0.3) is 6.08 Å². The number of carboxylic acid groups (broad SMARTS) is 1. The van der Waals surface area contributed by atoms with Crippen molar-refractivity contribution in [3.63, 3.8) is 0 Å². The number of carbonyl (C=O) groups excluding carboxylic acids is 2. The third kappa shape index (κ3) is 4.10. The molecule has 0 atom stereocenters. The quantitative estimate of drug-likeness (QED) is 0.841. The molecule has 0 unspecified atom stereocenters. The van der Waals surface area contributed by atoms with Gasteiger partial charge in [0.2, 0.25) is 0 Å². The van der Waals surface area contributed by atoms with Crippen molar-refractivity contribution >= 4 is 52.2 Å². The molecule has 0 saturated carbocycles. The number of thioether (sulfide) groups is 1. The molecule has 0 spiro atoms. The van der Waals surface area contributed by atoms with Gasteiger partial charge in [-0.15, -0.1) is 0 Å². The summed E-state index contributed by atoms with van der Waals surface area (Å²) in [5.41, 5.74) is 2.15. The summed E-state index contributed by atoms with van der Waals surface area (Å²) >= 11 is 7.04. The van der Waals surface area contributed by atoms with E-state index in [-0.39, 0.29) is 11.5 Å². The maximum atomic E-state index is 12.1. The number of aliphatic imine (C=N–C) groups is 1. The fourth-order valence-electron chi connectivity index (χ4n) is 2.16. The average Bonchev–Trinajstić information content (AvgIpc) is 2.91. The lowest BCUT2D eigenvalue weighted by Gasteiger charge is -2.06. The van der Waals surface area contributed by atoms with Crippen molar-refractivity contribution in [1.82, 2.24) is 5.32 Å². The lowest BCUT2D eigenvalue weighted by molar-refractivity contribution is -0.255. The van der Waals surface area contributed by atoms with Crippen LogP contribution in [-0.4, -0.2) is 17.0 Å². The average molecular weight is 372 g/mol. The van der Waals surface area contributed by atoms with Crippen LogP contribution >= 0.6 is 23.4 Å². The molecule has 1 N–H and O–H groups in total. The van der Waals surface area contributed by atoms with Crippen LogP contribution in [-0.2, 0) is 4.79 Å². The van der Waals surface area contributed by atoms with Gasteiger partial charge in [0.25, 0.3) is 5.91 Å². The molecule has 5 nitrogen and oxygen atoms in total. The van der Waals surface area contributed by atoms with Crippen molar-refractivity contribution in [3.05, 3.63) is 69.1 Å². The van der Waals surface area contributed by atoms with E-state index in [1.54, 1.807) is 24.3 Å². The number of rotatable bonds is 3. The van der Waals surface area contributed by atoms with Crippen molar-refractivity contribution in [1.29, 1.82) is 0 Å². The lowest BCUT2D eigenvalue weighted by Crippen LogP contribution is -2.22. The van der Waals surface area contributed by atoms with Gasteiger partial charge in [-0.25, -0.2) is 4.99 Å².